The third-order valence-corrected chi connectivity index (χ3v) is 8.73. The summed E-state index contributed by atoms with van der Waals surface area (Å²) in [6.45, 7) is 7.66. The van der Waals surface area contributed by atoms with Crippen LogP contribution in [0.15, 0.2) is 88.2 Å². The Bertz CT molecular complexity index is 1380. The van der Waals surface area contributed by atoms with Gasteiger partial charge in [-0.25, -0.2) is 8.42 Å². The Hall–Kier alpha value is -3.37. The predicted octanol–water partition coefficient (Wildman–Crippen LogP) is 5.42. The van der Waals surface area contributed by atoms with Crippen molar-refractivity contribution in [3.63, 3.8) is 0 Å². The summed E-state index contributed by atoms with van der Waals surface area (Å²) in [7, 11) is -4.14. The summed E-state index contributed by atoms with van der Waals surface area (Å²) in [5.41, 5.74) is 1.32. The van der Waals surface area contributed by atoms with E-state index in [0.717, 1.165) is 14.3 Å². The molecule has 10 heteroatoms. The standard InChI is InChI=1S/C31H38BrN3O5S/c1-5-29(31(37)33-23(3)4)34(21-20-24-10-8-7-9-11-24)30(36)22-35(26-14-16-27(17-15-26)40-6-2)41(38,39)28-18-12-25(32)13-19-28/h7-19,23,29H,5-6,20-22H2,1-4H3,(H,33,37). The van der Waals surface area contributed by atoms with Gasteiger partial charge in [0.2, 0.25) is 11.8 Å². The second kappa shape index (κ2) is 15.0. The van der Waals surface area contributed by atoms with E-state index in [-0.39, 0.29) is 23.4 Å². The third-order valence-electron chi connectivity index (χ3n) is 6.42. The Labute approximate surface area is 251 Å². The van der Waals surface area contributed by atoms with Crippen molar-refractivity contribution < 1.29 is 22.7 Å². The zero-order valence-electron chi connectivity index (χ0n) is 23.9. The summed E-state index contributed by atoms with van der Waals surface area (Å²) in [4.78, 5) is 28.8. The van der Waals surface area contributed by atoms with Gasteiger partial charge in [0.05, 0.1) is 17.2 Å². The molecule has 0 bridgehead atoms. The van der Waals surface area contributed by atoms with Crippen LogP contribution >= 0.6 is 15.9 Å². The Balaban J connectivity index is 2.01. The molecule has 2 amide bonds. The highest BCUT2D eigenvalue weighted by atomic mass is 79.9. The van der Waals surface area contributed by atoms with Gasteiger partial charge in [-0.3, -0.25) is 13.9 Å². The average molecular weight is 645 g/mol. The third kappa shape index (κ3) is 8.81. The van der Waals surface area contributed by atoms with E-state index in [9.17, 15) is 18.0 Å². The number of benzene rings is 3. The van der Waals surface area contributed by atoms with Crippen molar-refractivity contribution in [3.8, 4) is 5.75 Å². The fraction of sp³-hybridized carbons (Fsp3) is 0.355. The number of sulfonamides is 1. The molecule has 1 N–H and O–H groups in total. The topological polar surface area (TPSA) is 96.0 Å². The molecule has 220 valence electrons. The summed E-state index contributed by atoms with van der Waals surface area (Å²) in [6, 6.07) is 21.6. The Kier molecular flexibility index (Phi) is 11.8. The number of ether oxygens (including phenoxy) is 1. The van der Waals surface area contributed by atoms with Gasteiger partial charge in [-0.15, -0.1) is 0 Å². The molecule has 3 aromatic rings. The van der Waals surface area contributed by atoms with Gasteiger partial charge >= 0.3 is 0 Å². The highest BCUT2D eigenvalue weighted by Gasteiger charge is 2.33. The van der Waals surface area contributed by atoms with Gasteiger partial charge in [0.25, 0.3) is 10.0 Å². The lowest BCUT2D eigenvalue weighted by Gasteiger charge is -2.33. The van der Waals surface area contributed by atoms with E-state index in [2.05, 4.69) is 21.2 Å². The molecular formula is C31H38BrN3O5S. The number of halogens is 1. The van der Waals surface area contributed by atoms with Gasteiger partial charge in [-0.05, 0) is 87.7 Å². The molecule has 0 aliphatic carbocycles. The van der Waals surface area contributed by atoms with E-state index in [0.29, 0.717) is 30.9 Å². The van der Waals surface area contributed by atoms with Gasteiger partial charge in [0.1, 0.15) is 18.3 Å². The molecule has 0 saturated heterocycles. The summed E-state index contributed by atoms with van der Waals surface area (Å²) >= 11 is 3.35. The molecule has 0 heterocycles. The minimum atomic E-state index is -4.14. The van der Waals surface area contributed by atoms with Crippen LogP contribution in [0.4, 0.5) is 5.69 Å². The molecule has 0 saturated carbocycles. The summed E-state index contributed by atoms with van der Waals surface area (Å²) in [5, 5.41) is 2.91. The normalized spacial score (nSPS) is 12.0. The fourth-order valence-electron chi connectivity index (χ4n) is 4.41. The first-order chi connectivity index (χ1) is 19.6. The number of carbonyl (C=O) groups is 2. The molecule has 1 unspecified atom stereocenters. The highest BCUT2D eigenvalue weighted by Crippen LogP contribution is 2.27. The van der Waals surface area contributed by atoms with E-state index >= 15 is 0 Å². The number of carbonyl (C=O) groups excluding carboxylic acids is 2. The largest absolute Gasteiger partial charge is 0.494 e. The molecule has 0 aliphatic rings. The van der Waals surface area contributed by atoms with Crippen molar-refractivity contribution in [2.45, 2.75) is 57.5 Å². The SMILES string of the molecule is CCOc1ccc(N(CC(=O)N(CCc2ccccc2)C(CC)C(=O)NC(C)C)S(=O)(=O)c2ccc(Br)cc2)cc1. The molecular weight excluding hydrogens is 606 g/mol. The lowest BCUT2D eigenvalue weighted by molar-refractivity contribution is -0.139. The van der Waals surface area contributed by atoms with Gasteiger partial charge in [-0.2, -0.15) is 0 Å². The van der Waals surface area contributed by atoms with Crippen LogP contribution in [0, 0.1) is 0 Å². The van der Waals surface area contributed by atoms with E-state index < -0.39 is 28.5 Å². The number of hydrogen-bond donors (Lipinski definition) is 1. The maximum Gasteiger partial charge on any atom is 0.264 e. The van der Waals surface area contributed by atoms with Gasteiger partial charge in [-0.1, -0.05) is 53.2 Å². The number of amides is 2. The average Bonchev–Trinajstić information content (AvgIpc) is 2.94. The quantitative estimate of drug-likeness (QED) is 0.253. The van der Waals surface area contributed by atoms with Crippen LogP contribution in [0.25, 0.3) is 0 Å². The van der Waals surface area contributed by atoms with Crippen LogP contribution in [-0.2, 0) is 26.0 Å². The Morgan fingerprint density at radius 2 is 1.56 bits per heavy atom. The first-order valence-corrected chi connectivity index (χ1v) is 15.9. The zero-order chi connectivity index (χ0) is 30.0. The van der Waals surface area contributed by atoms with Crippen molar-refractivity contribution in [1.29, 1.82) is 0 Å². The molecule has 41 heavy (non-hydrogen) atoms. The second-order valence-electron chi connectivity index (χ2n) is 9.80. The lowest BCUT2D eigenvalue weighted by atomic mass is 10.1. The number of nitrogens with zero attached hydrogens (tertiary/aromatic N) is 2. The maximum atomic E-state index is 14.0. The minimum absolute atomic E-state index is 0.0443. The second-order valence-corrected chi connectivity index (χ2v) is 12.6. The minimum Gasteiger partial charge on any atom is -0.494 e. The fourth-order valence-corrected chi connectivity index (χ4v) is 6.09. The molecule has 8 nitrogen and oxygen atoms in total. The van der Waals surface area contributed by atoms with Crippen LogP contribution in [0.2, 0.25) is 0 Å². The van der Waals surface area contributed by atoms with Gasteiger partial charge in [0.15, 0.2) is 0 Å². The van der Waals surface area contributed by atoms with Crippen molar-refractivity contribution >= 4 is 43.5 Å². The monoisotopic (exact) mass is 643 g/mol. The molecule has 1 atom stereocenters. The zero-order valence-corrected chi connectivity index (χ0v) is 26.3. The first-order valence-electron chi connectivity index (χ1n) is 13.7. The number of rotatable bonds is 14. The number of anilines is 1. The molecule has 0 fully saturated rings. The van der Waals surface area contributed by atoms with Crippen molar-refractivity contribution in [2.24, 2.45) is 0 Å². The summed E-state index contributed by atoms with van der Waals surface area (Å²) < 4.78 is 35.2. The number of hydrogen-bond acceptors (Lipinski definition) is 5. The van der Waals surface area contributed by atoms with E-state index in [1.807, 2.05) is 58.0 Å². The van der Waals surface area contributed by atoms with E-state index in [1.165, 1.54) is 17.0 Å². The molecule has 3 rings (SSSR count). The Morgan fingerprint density at radius 3 is 2.12 bits per heavy atom. The van der Waals surface area contributed by atoms with Gasteiger partial charge < -0.3 is 15.0 Å². The first kappa shape index (κ1) is 32.1. The molecule has 0 aliphatic heterocycles. The van der Waals surface area contributed by atoms with E-state index in [4.69, 9.17) is 4.74 Å². The molecule has 0 aromatic heterocycles. The molecule has 0 spiro atoms. The smallest absolute Gasteiger partial charge is 0.264 e. The van der Waals surface area contributed by atoms with Crippen molar-refractivity contribution in [3.05, 3.63) is 88.9 Å². The lowest BCUT2D eigenvalue weighted by Crippen LogP contribution is -2.54. The molecule has 0 radical (unpaired) electrons. The number of nitrogens with one attached hydrogen (secondary N) is 1. The van der Waals surface area contributed by atoms with Crippen LogP contribution < -0.4 is 14.4 Å². The maximum absolute atomic E-state index is 14.0. The molecule has 3 aromatic carbocycles. The van der Waals surface area contributed by atoms with Crippen LogP contribution in [0.3, 0.4) is 0 Å². The van der Waals surface area contributed by atoms with E-state index in [1.54, 1.807) is 36.4 Å². The predicted molar refractivity (Wildman–Crippen MR) is 166 cm³/mol. The van der Waals surface area contributed by atoms with Gasteiger partial charge in [0, 0.05) is 17.1 Å². The van der Waals surface area contributed by atoms with Crippen molar-refractivity contribution in [1.82, 2.24) is 10.2 Å². The van der Waals surface area contributed by atoms with Crippen LogP contribution in [0.1, 0.15) is 39.7 Å². The highest BCUT2D eigenvalue weighted by molar-refractivity contribution is 9.10. The van der Waals surface area contributed by atoms with Crippen molar-refractivity contribution in [2.75, 3.05) is 24.0 Å². The summed E-state index contributed by atoms with van der Waals surface area (Å²) in [5.74, 6) is -0.155. The van der Waals surface area contributed by atoms with Crippen LogP contribution in [-0.4, -0.2) is 56.9 Å². The van der Waals surface area contributed by atoms with Crippen LogP contribution in [0.5, 0.6) is 5.75 Å². The Morgan fingerprint density at radius 1 is 0.927 bits per heavy atom. The summed E-state index contributed by atoms with van der Waals surface area (Å²) in [6.07, 6.45) is 0.891.